The second kappa shape index (κ2) is 7.72. The number of amides is 2. The van der Waals surface area contributed by atoms with E-state index in [1.54, 1.807) is 25.5 Å². The van der Waals surface area contributed by atoms with E-state index in [1.807, 2.05) is 55.7 Å². The van der Waals surface area contributed by atoms with E-state index in [0.717, 1.165) is 22.3 Å². The molecule has 0 saturated carbocycles. The van der Waals surface area contributed by atoms with Gasteiger partial charge >= 0.3 is 6.09 Å². The zero-order chi connectivity index (χ0) is 20.3. The summed E-state index contributed by atoms with van der Waals surface area (Å²) in [5.74, 6) is -0.140. The molecule has 0 radical (unpaired) electrons. The average Bonchev–Trinajstić information content (AvgIpc) is 3.08. The van der Waals surface area contributed by atoms with Gasteiger partial charge in [-0.3, -0.25) is 9.36 Å². The number of rotatable bonds is 4. The molecular formula is C21H24N4O3. The first-order valence-electron chi connectivity index (χ1n) is 9.02. The highest BCUT2D eigenvalue weighted by Crippen LogP contribution is 2.20. The van der Waals surface area contributed by atoms with Crippen molar-refractivity contribution in [2.75, 3.05) is 7.05 Å². The molecule has 2 aromatic carbocycles. The van der Waals surface area contributed by atoms with Crippen LogP contribution in [-0.2, 0) is 11.3 Å². The third-order valence-electron chi connectivity index (χ3n) is 4.09. The van der Waals surface area contributed by atoms with Gasteiger partial charge in [-0.05, 0) is 56.7 Å². The van der Waals surface area contributed by atoms with Crippen LogP contribution in [0.15, 0.2) is 48.8 Å². The van der Waals surface area contributed by atoms with Crippen molar-refractivity contribution in [3.63, 3.8) is 0 Å². The Morgan fingerprint density at radius 1 is 1.11 bits per heavy atom. The molecule has 3 rings (SSSR count). The predicted molar refractivity (Wildman–Crippen MR) is 108 cm³/mol. The van der Waals surface area contributed by atoms with E-state index in [2.05, 4.69) is 15.6 Å². The smallest absolute Gasteiger partial charge is 0.407 e. The van der Waals surface area contributed by atoms with E-state index in [4.69, 9.17) is 4.74 Å². The van der Waals surface area contributed by atoms with E-state index in [0.29, 0.717) is 12.1 Å². The molecule has 2 amide bonds. The number of imidazole rings is 1. The van der Waals surface area contributed by atoms with Gasteiger partial charge in [0.15, 0.2) is 0 Å². The molecule has 0 saturated heterocycles. The molecule has 3 aromatic rings. The lowest BCUT2D eigenvalue weighted by Gasteiger charge is -2.19. The van der Waals surface area contributed by atoms with Crippen LogP contribution >= 0.6 is 0 Å². The molecule has 0 spiro atoms. The normalized spacial score (nSPS) is 11.3. The third-order valence-corrected chi connectivity index (χ3v) is 4.09. The monoisotopic (exact) mass is 380 g/mol. The van der Waals surface area contributed by atoms with Crippen LogP contribution in [0.4, 0.5) is 4.79 Å². The van der Waals surface area contributed by atoms with Gasteiger partial charge in [-0.1, -0.05) is 12.1 Å². The van der Waals surface area contributed by atoms with Gasteiger partial charge in [-0.2, -0.15) is 0 Å². The van der Waals surface area contributed by atoms with Gasteiger partial charge in [0.25, 0.3) is 5.91 Å². The molecule has 0 aliphatic heterocycles. The number of carbonyl (C=O) groups is 2. The van der Waals surface area contributed by atoms with Crippen LogP contribution in [0.1, 0.15) is 36.7 Å². The Hall–Kier alpha value is -3.35. The largest absolute Gasteiger partial charge is 0.444 e. The summed E-state index contributed by atoms with van der Waals surface area (Å²) in [5.41, 5.74) is 3.61. The minimum absolute atomic E-state index is 0.140. The Balaban J connectivity index is 1.73. The van der Waals surface area contributed by atoms with E-state index >= 15 is 0 Å². The molecular weight excluding hydrogens is 356 g/mol. The number of carbonyl (C=O) groups excluding carboxylic acids is 2. The number of nitrogens with zero attached hydrogens (tertiary/aromatic N) is 2. The van der Waals surface area contributed by atoms with Crippen molar-refractivity contribution in [3.8, 4) is 5.69 Å². The number of ether oxygens (including phenoxy) is 1. The molecule has 0 fully saturated rings. The summed E-state index contributed by atoms with van der Waals surface area (Å²) < 4.78 is 7.19. The minimum atomic E-state index is -0.520. The average molecular weight is 380 g/mol. The van der Waals surface area contributed by atoms with Gasteiger partial charge in [0.2, 0.25) is 0 Å². The number of alkyl carbamates (subject to hydrolysis) is 1. The third kappa shape index (κ3) is 4.49. The molecule has 146 valence electrons. The first-order valence-corrected chi connectivity index (χ1v) is 9.02. The Morgan fingerprint density at radius 3 is 2.46 bits per heavy atom. The molecule has 0 unspecified atom stereocenters. The van der Waals surface area contributed by atoms with E-state index < -0.39 is 11.7 Å². The number of aromatic nitrogens is 2. The number of benzene rings is 2. The molecule has 1 heterocycles. The number of fused-ring (bicyclic) bond motifs is 1. The van der Waals surface area contributed by atoms with Crippen LogP contribution in [0, 0.1) is 0 Å². The maximum absolute atomic E-state index is 11.8. The molecule has 7 heteroatoms. The maximum atomic E-state index is 11.8. The first kappa shape index (κ1) is 19.4. The topological polar surface area (TPSA) is 85.3 Å². The summed E-state index contributed by atoms with van der Waals surface area (Å²) >= 11 is 0. The molecule has 7 nitrogen and oxygen atoms in total. The highest BCUT2D eigenvalue weighted by molar-refractivity contribution is 5.97. The Kier molecular flexibility index (Phi) is 5.35. The van der Waals surface area contributed by atoms with Crippen molar-refractivity contribution >= 4 is 23.0 Å². The molecule has 0 aliphatic carbocycles. The van der Waals surface area contributed by atoms with Crippen molar-refractivity contribution in [1.82, 2.24) is 20.2 Å². The van der Waals surface area contributed by atoms with Crippen LogP contribution in [0.2, 0.25) is 0 Å². The van der Waals surface area contributed by atoms with Gasteiger partial charge in [-0.15, -0.1) is 0 Å². The summed E-state index contributed by atoms with van der Waals surface area (Å²) in [6.45, 7) is 5.87. The van der Waals surface area contributed by atoms with Crippen molar-refractivity contribution in [3.05, 3.63) is 59.9 Å². The fourth-order valence-corrected chi connectivity index (χ4v) is 2.77. The number of hydrogen-bond donors (Lipinski definition) is 2. The predicted octanol–water partition coefficient (Wildman–Crippen LogP) is 3.41. The highest BCUT2D eigenvalue weighted by Gasteiger charge is 2.15. The molecule has 0 bridgehead atoms. The Morgan fingerprint density at radius 2 is 1.82 bits per heavy atom. The second-order valence-electron chi connectivity index (χ2n) is 7.42. The fraction of sp³-hybridized carbons (Fsp3) is 0.286. The van der Waals surface area contributed by atoms with Crippen molar-refractivity contribution < 1.29 is 14.3 Å². The lowest BCUT2D eigenvalue weighted by Crippen LogP contribution is -2.32. The SMILES string of the molecule is CNC(=O)c1ccc2c(c1)ncn2-c1ccc(CNC(=O)OC(C)(C)C)cc1. The summed E-state index contributed by atoms with van der Waals surface area (Å²) in [7, 11) is 1.60. The van der Waals surface area contributed by atoms with Gasteiger partial charge in [-0.25, -0.2) is 9.78 Å². The molecule has 0 atom stereocenters. The number of hydrogen-bond acceptors (Lipinski definition) is 4. The second-order valence-corrected chi connectivity index (χ2v) is 7.42. The lowest BCUT2D eigenvalue weighted by molar-refractivity contribution is 0.0523. The molecule has 0 aliphatic rings. The van der Waals surface area contributed by atoms with Crippen LogP contribution < -0.4 is 10.6 Å². The van der Waals surface area contributed by atoms with Crippen LogP contribution in [0.5, 0.6) is 0 Å². The van der Waals surface area contributed by atoms with Crippen molar-refractivity contribution in [1.29, 1.82) is 0 Å². The quantitative estimate of drug-likeness (QED) is 0.726. The lowest BCUT2D eigenvalue weighted by atomic mass is 10.1. The van der Waals surface area contributed by atoms with Crippen molar-refractivity contribution in [2.24, 2.45) is 0 Å². The molecule has 2 N–H and O–H groups in total. The summed E-state index contributed by atoms with van der Waals surface area (Å²) in [6.07, 6.45) is 1.29. The van der Waals surface area contributed by atoms with Gasteiger partial charge in [0.1, 0.15) is 11.9 Å². The van der Waals surface area contributed by atoms with Crippen LogP contribution in [0.3, 0.4) is 0 Å². The molecule has 1 aromatic heterocycles. The summed E-state index contributed by atoms with van der Waals surface area (Å²) in [4.78, 5) is 27.9. The van der Waals surface area contributed by atoms with Crippen LogP contribution in [-0.4, -0.2) is 34.2 Å². The van der Waals surface area contributed by atoms with Crippen LogP contribution in [0.25, 0.3) is 16.7 Å². The van der Waals surface area contributed by atoms with E-state index in [1.165, 1.54) is 0 Å². The van der Waals surface area contributed by atoms with E-state index in [9.17, 15) is 9.59 Å². The van der Waals surface area contributed by atoms with Gasteiger partial charge in [0, 0.05) is 24.8 Å². The molecule has 28 heavy (non-hydrogen) atoms. The fourth-order valence-electron chi connectivity index (χ4n) is 2.77. The van der Waals surface area contributed by atoms with Gasteiger partial charge < -0.3 is 15.4 Å². The standard InChI is InChI=1S/C21H24N4O3/c1-21(2,3)28-20(27)23-12-14-5-8-16(9-6-14)25-13-24-17-11-15(19(26)22-4)7-10-18(17)25/h5-11,13H,12H2,1-4H3,(H,22,26)(H,23,27). The zero-order valence-corrected chi connectivity index (χ0v) is 16.4. The van der Waals surface area contributed by atoms with E-state index in [-0.39, 0.29) is 5.91 Å². The number of nitrogens with one attached hydrogen (secondary N) is 2. The zero-order valence-electron chi connectivity index (χ0n) is 16.4. The first-order chi connectivity index (χ1) is 13.3. The highest BCUT2D eigenvalue weighted by atomic mass is 16.6. The van der Waals surface area contributed by atoms with Crippen molar-refractivity contribution in [2.45, 2.75) is 32.9 Å². The maximum Gasteiger partial charge on any atom is 0.407 e. The summed E-state index contributed by atoms with van der Waals surface area (Å²) in [6, 6.07) is 13.2. The summed E-state index contributed by atoms with van der Waals surface area (Å²) in [5, 5.41) is 5.35. The Labute approximate surface area is 163 Å². The van der Waals surface area contributed by atoms with Gasteiger partial charge in [0.05, 0.1) is 11.0 Å². The Bertz CT molecular complexity index is 1000. The minimum Gasteiger partial charge on any atom is -0.444 e.